The van der Waals surface area contributed by atoms with Crippen molar-refractivity contribution in [1.82, 2.24) is 0 Å². The third kappa shape index (κ3) is 1.98. The fraction of sp³-hybridized carbons (Fsp3) is 0. The van der Waals surface area contributed by atoms with Gasteiger partial charge in [0.1, 0.15) is 0 Å². The van der Waals surface area contributed by atoms with Gasteiger partial charge in [0.15, 0.2) is 0 Å². The van der Waals surface area contributed by atoms with E-state index in [-0.39, 0.29) is 0 Å². The number of hydrogen-bond donors (Lipinski definition) is 0. The summed E-state index contributed by atoms with van der Waals surface area (Å²) in [6.07, 6.45) is 3.49. The Kier molecular flexibility index (Phi) is 2.98. The predicted octanol–water partition coefficient (Wildman–Crippen LogP) is 3.84. The van der Waals surface area contributed by atoms with Gasteiger partial charge in [-0.05, 0) is 18.6 Å². The zero-order chi connectivity index (χ0) is 8.27. The van der Waals surface area contributed by atoms with E-state index >= 15 is 0 Å². The van der Waals surface area contributed by atoms with E-state index in [1.165, 1.54) is 0 Å². The van der Waals surface area contributed by atoms with E-state index in [1.807, 2.05) is 18.2 Å². The largest absolute Gasteiger partial charge is 0.0836 e. The molecule has 0 saturated heterocycles. The minimum absolute atomic E-state index is 0.572. The second-order valence-electron chi connectivity index (χ2n) is 2.05. The highest BCUT2D eigenvalue weighted by Crippen LogP contribution is 2.26. The summed E-state index contributed by atoms with van der Waals surface area (Å²) in [7, 11) is 0. The Hall–Kier alpha value is -0.460. The quantitative estimate of drug-likeness (QED) is 0.624. The first-order chi connectivity index (χ1) is 5.25. The number of rotatable bonds is 1. The topological polar surface area (TPSA) is 0 Å². The molecule has 0 spiro atoms. The van der Waals surface area contributed by atoms with Crippen LogP contribution in [0.5, 0.6) is 0 Å². The van der Waals surface area contributed by atoms with Crippen LogP contribution in [0, 0.1) is 6.92 Å². The molecule has 57 valence electrons. The van der Waals surface area contributed by atoms with E-state index in [4.69, 9.17) is 23.2 Å². The molecule has 1 aromatic carbocycles. The summed E-state index contributed by atoms with van der Waals surface area (Å²) in [5.41, 5.74) is 0.897. The summed E-state index contributed by atoms with van der Waals surface area (Å²) in [4.78, 5) is 0. The molecular weight excluding hydrogens is 179 g/mol. The van der Waals surface area contributed by atoms with Crippen molar-refractivity contribution < 1.29 is 0 Å². The van der Waals surface area contributed by atoms with Gasteiger partial charge in [0.05, 0.1) is 10.0 Å². The average Bonchev–Trinajstić information content (AvgIpc) is 1.99. The molecule has 0 aliphatic rings. The molecule has 0 N–H and O–H groups in total. The Balaban J connectivity index is 3.16. The van der Waals surface area contributed by atoms with Crippen LogP contribution in [-0.4, -0.2) is 0 Å². The standard InChI is InChI=1S/C9H7Cl2/c1-2-4-7-5-3-6-8(10)9(7)11/h2-6H,1H2/b4-2+. The maximum Gasteiger partial charge on any atom is 0.0664 e. The van der Waals surface area contributed by atoms with Crippen molar-refractivity contribution in [2.45, 2.75) is 0 Å². The first-order valence-corrected chi connectivity index (χ1v) is 3.91. The summed E-state index contributed by atoms with van der Waals surface area (Å²) >= 11 is 11.6. The van der Waals surface area contributed by atoms with E-state index < -0.39 is 0 Å². The van der Waals surface area contributed by atoms with Gasteiger partial charge < -0.3 is 0 Å². The highest BCUT2D eigenvalue weighted by atomic mass is 35.5. The van der Waals surface area contributed by atoms with Crippen LogP contribution in [0.1, 0.15) is 5.56 Å². The summed E-state index contributed by atoms with van der Waals surface area (Å²) in [5, 5.41) is 1.15. The first-order valence-electron chi connectivity index (χ1n) is 3.15. The van der Waals surface area contributed by atoms with Crippen LogP contribution in [0.3, 0.4) is 0 Å². The van der Waals surface area contributed by atoms with Crippen molar-refractivity contribution in [3.63, 3.8) is 0 Å². The van der Waals surface area contributed by atoms with Crippen molar-refractivity contribution in [2.24, 2.45) is 0 Å². The van der Waals surface area contributed by atoms with Crippen molar-refractivity contribution >= 4 is 29.3 Å². The highest BCUT2D eigenvalue weighted by Gasteiger charge is 1.99. The van der Waals surface area contributed by atoms with E-state index in [0.29, 0.717) is 10.0 Å². The van der Waals surface area contributed by atoms with Gasteiger partial charge >= 0.3 is 0 Å². The molecule has 0 nitrogen and oxygen atoms in total. The Morgan fingerprint density at radius 2 is 2.00 bits per heavy atom. The smallest absolute Gasteiger partial charge is 0.0664 e. The Morgan fingerprint density at radius 1 is 1.27 bits per heavy atom. The lowest BCUT2D eigenvalue weighted by atomic mass is 10.2. The lowest BCUT2D eigenvalue weighted by Crippen LogP contribution is -1.74. The lowest BCUT2D eigenvalue weighted by molar-refractivity contribution is 1.65. The fourth-order valence-electron chi connectivity index (χ4n) is 0.776. The molecule has 0 aliphatic carbocycles. The monoisotopic (exact) mass is 185 g/mol. The molecule has 11 heavy (non-hydrogen) atoms. The zero-order valence-corrected chi connectivity index (χ0v) is 7.36. The molecule has 0 atom stereocenters. The number of hydrogen-bond acceptors (Lipinski definition) is 0. The van der Waals surface area contributed by atoms with Gasteiger partial charge in [0.2, 0.25) is 0 Å². The van der Waals surface area contributed by atoms with E-state index in [2.05, 4.69) is 6.92 Å². The third-order valence-electron chi connectivity index (χ3n) is 1.28. The normalized spacial score (nSPS) is 10.8. The molecule has 0 saturated carbocycles. The summed E-state index contributed by atoms with van der Waals surface area (Å²) in [5.74, 6) is 0. The molecular formula is C9H7Cl2. The molecule has 0 fully saturated rings. The zero-order valence-electron chi connectivity index (χ0n) is 5.85. The molecule has 1 rings (SSSR count). The molecule has 0 aliphatic heterocycles. The predicted molar refractivity (Wildman–Crippen MR) is 50.9 cm³/mol. The minimum Gasteiger partial charge on any atom is -0.0836 e. The Bertz CT molecular complexity index is 277. The third-order valence-corrected chi connectivity index (χ3v) is 2.11. The van der Waals surface area contributed by atoms with E-state index in [0.717, 1.165) is 5.56 Å². The maximum atomic E-state index is 5.86. The van der Waals surface area contributed by atoms with Crippen molar-refractivity contribution in [2.75, 3.05) is 0 Å². The van der Waals surface area contributed by atoms with Crippen LogP contribution in [0.4, 0.5) is 0 Å². The summed E-state index contributed by atoms with van der Waals surface area (Å²) < 4.78 is 0. The number of halogens is 2. The van der Waals surface area contributed by atoms with Gasteiger partial charge in [-0.2, -0.15) is 0 Å². The van der Waals surface area contributed by atoms with Gasteiger partial charge in [-0.3, -0.25) is 0 Å². The lowest BCUT2D eigenvalue weighted by Gasteiger charge is -1.98. The average molecular weight is 186 g/mol. The number of allylic oxidation sites excluding steroid dienone is 1. The van der Waals surface area contributed by atoms with Crippen LogP contribution in [0.2, 0.25) is 10.0 Å². The SMILES string of the molecule is [CH2]/C=C/c1cccc(Cl)c1Cl. The molecule has 1 aromatic rings. The Morgan fingerprint density at radius 3 is 2.64 bits per heavy atom. The van der Waals surface area contributed by atoms with Crippen LogP contribution in [0.25, 0.3) is 6.08 Å². The first kappa shape index (κ1) is 8.63. The summed E-state index contributed by atoms with van der Waals surface area (Å²) in [6, 6.07) is 5.49. The van der Waals surface area contributed by atoms with Gasteiger partial charge in [0, 0.05) is 0 Å². The number of benzene rings is 1. The van der Waals surface area contributed by atoms with Gasteiger partial charge in [-0.25, -0.2) is 0 Å². The van der Waals surface area contributed by atoms with Crippen molar-refractivity contribution in [1.29, 1.82) is 0 Å². The molecule has 0 aromatic heterocycles. The van der Waals surface area contributed by atoms with Crippen LogP contribution in [-0.2, 0) is 0 Å². The summed E-state index contributed by atoms with van der Waals surface area (Å²) in [6.45, 7) is 3.57. The van der Waals surface area contributed by atoms with Gasteiger partial charge in [-0.1, -0.05) is 47.5 Å². The minimum atomic E-state index is 0.572. The van der Waals surface area contributed by atoms with Crippen LogP contribution in [0.15, 0.2) is 24.3 Å². The van der Waals surface area contributed by atoms with Crippen molar-refractivity contribution in [3.8, 4) is 0 Å². The van der Waals surface area contributed by atoms with Crippen molar-refractivity contribution in [3.05, 3.63) is 46.8 Å². The molecule has 0 heterocycles. The van der Waals surface area contributed by atoms with Crippen LogP contribution >= 0.6 is 23.2 Å². The van der Waals surface area contributed by atoms with E-state index in [9.17, 15) is 0 Å². The second kappa shape index (κ2) is 3.80. The fourth-order valence-corrected chi connectivity index (χ4v) is 1.15. The Labute approximate surface area is 76.4 Å². The molecule has 2 heteroatoms. The maximum absolute atomic E-state index is 5.86. The van der Waals surface area contributed by atoms with Gasteiger partial charge in [-0.15, -0.1) is 0 Å². The van der Waals surface area contributed by atoms with E-state index in [1.54, 1.807) is 12.1 Å². The second-order valence-corrected chi connectivity index (χ2v) is 2.83. The van der Waals surface area contributed by atoms with Gasteiger partial charge in [0.25, 0.3) is 0 Å². The molecule has 0 bridgehead atoms. The van der Waals surface area contributed by atoms with Crippen LogP contribution < -0.4 is 0 Å². The molecule has 0 amide bonds. The highest BCUT2D eigenvalue weighted by molar-refractivity contribution is 6.42. The molecule has 1 radical (unpaired) electrons. The molecule has 0 unspecified atom stereocenters.